The molecule has 2 nitrogen and oxygen atoms in total. The summed E-state index contributed by atoms with van der Waals surface area (Å²) in [5, 5.41) is 3.58. The van der Waals surface area contributed by atoms with E-state index < -0.39 is 0 Å². The standard InChI is InChI=1S/C16H18BrNO/c1-2-18-15(16-14(17)9-10-19-16)13-8-7-11-5-3-4-6-12(11)13/h3-6,9-10,13,15,18H,2,7-8H2,1H3. The molecule has 2 atom stereocenters. The summed E-state index contributed by atoms with van der Waals surface area (Å²) in [6, 6.07) is 11.0. The molecule has 0 spiro atoms. The number of rotatable bonds is 4. The van der Waals surface area contributed by atoms with Crippen molar-refractivity contribution in [1.29, 1.82) is 0 Å². The van der Waals surface area contributed by atoms with Gasteiger partial charge in [-0.15, -0.1) is 0 Å². The first kappa shape index (κ1) is 12.9. The van der Waals surface area contributed by atoms with Crippen molar-refractivity contribution >= 4 is 15.9 Å². The summed E-state index contributed by atoms with van der Waals surface area (Å²) < 4.78 is 6.76. The summed E-state index contributed by atoms with van der Waals surface area (Å²) in [5.74, 6) is 1.52. The summed E-state index contributed by atoms with van der Waals surface area (Å²) >= 11 is 3.59. The third kappa shape index (κ3) is 2.37. The normalized spacial score (nSPS) is 19.4. The zero-order chi connectivity index (χ0) is 13.2. The minimum Gasteiger partial charge on any atom is -0.466 e. The van der Waals surface area contributed by atoms with Crippen LogP contribution in [0.15, 0.2) is 45.5 Å². The number of halogens is 1. The van der Waals surface area contributed by atoms with Crippen molar-refractivity contribution in [3.8, 4) is 0 Å². The van der Waals surface area contributed by atoms with E-state index in [9.17, 15) is 0 Å². The quantitative estimate of drug-likeness (QED) is 0.902. The monoisotopic (exact) mass is 319 g/mol. The number of hydrogen-bond donors (Lipinski definition) is 1. The lowest BCUT2D eigenvalue weighted by Crippen LogP contribution is -2.26. The van der Waals surface area contributed by atoms with Gasteiger partial charge in [-0.05, 0) is 52.5 Å². The summed E-state index contributed by atoms with van der Waals surface area (Å²) in [6.45, 7) is 3.08. The fraction of sp³-hybridized carbons (Fsp3) is 0.375. The molecule has 19 heavy (non-hydrogen) atoms. The lowest BCUT2D eigenvalue weighted by Gasteiger charge is -2.24. The van der Waals surface area contributed by atoms with Gasteiger partial charge in [-0.2, -0.15) is 0 Å². The Labute approximate surface area is 122 Å². The highest BCUT2D eigenvalue weighted by Crippen LogP contribution is 2.43. The van der Waals surface area contributed by atoms with Crippen LogP contribution in [0.3, 0.4) is 0 Å². The number of aryl methyl sites for hydroxylation is 1. The highest BCUT2D eigenvalue weighted by molar-refractivity contribution is 9.10. The summed E-state index contributed by atoms with van der Waals surface area (Å²) in [6.07, 6.45) is 4.11. The molecular weight excluding hydrogens is 302 g/mol. The molecule has 100 valence electrons. The minimum atomic E-state index is 0.248. The van der Waals surface area contributed by atoms with Gasteiger partial charge in [0.15, 0.2) is 0 Å². The van der Waals surface area contributed by atoms with E-state index in [1.54, 1.807) is 6.26 Å². The average molecular weight is 320 g/mol. The molecule has 1 heterocycles. The molecule has 1 aliphatic carbocycles. The largest absolute Gasteiger partial charge is 0.466 e. The van der Waals surface area contributed by atoms with Crippen molar-refractivity contribution in [3.05, 3.63) is 58.0 Å². The van der Waals surface area contributed by atoms with Gasteiger partial charge in [0.1, 0.15) is 5.76 Å². The van der Waals surface area contributed by atoms with Gasteiger partial charge < -0.3 is 9.73 Å². The van der Waals surface area contributed by atoms with Gasteiger partial charge in [-0.3, -0.25) is 0 Å². The lowest BCUT2D eigenvalue weighted by atomic mass is 9.91. The highest BCUT2D eigenvalue weighted by Gasteiger charge is 2.32. The Bertz CT molecular complexity index is 563. The van der Waals surface area contributed by atoms with Gasteiger partial charge in [0, 0.05) is 5.92 Å². The molecule has 1 aliphatic rings. The molecule has 0 radical (unpaired) electrons. The van der Waals surface area contributed by atoms with E-state index >= 15 is 0 Å². The molecule has 1 aromatic carbocycles. The Kier molecular flexibility index (Phi) is 3.76. The van der Waals surface area contributed by atoms with Crippen molar-refractivity contribution in [2.24, 2.45) is 0 Å². The SMILES string of the molecule is CCNC(c1occc1Br)C1CCc2ccccc21. The van der Waals surface area contributed by atoms with E-state index in [-0.39, 0.29) is 6.04 Å². The third-order valence-corrected chi connectivity index (χ3v) is 4.59. The lowest BCUT2D eigenvalue weighted by molar-refractivity contribution is 0.367. The van der Waals surface area contributed by atoms with E-state index in [4.69, 9.17) is 4.42 Å². The Morgan fingerprint density at radius 2 is 2.21 bits per heavy atom. The first-order chi connectivity index (χ1) is 9.31. The fourth-order valence-corrected chi connectivity index (χ4v) is 3.55. The second kappa shape index (κ2) is 5.51. The van der Waals surface area contributed by atoms with E-state index in [1.165, 1.54) is 24.0 Å². The highest BCUT2D eigenvalue weighted by atomic mass is 79.9. The van der Waals surface area contributed by atoms with Gasteiger partial charge >= 0.3 is 0 Å². The van der Waals surface area contributed by atoms with Crippen LogP contribution in [0.25, 0.3) is 0 Å². The van der Waals surface area contributed by atoms with Crippen molar-refractivity contribution in [3.63, 3.8) is 0 Å². The third-order valence-electron chi connectivity index (χ3n) is 3.93. The molecule has 2 unspecified atom stereocenters. The van der Waals surface area contributed by atoms with Crippen molar-refractivity contribution < 1.29 is 4.42 Å². The second-order valence-electron chi connectivity index (χ2n) is 5.01. The molecule has 0 amide bonds. The Morgan fingerprint density at radius 3 is 2.95 bits per heavy atom. The number of nitrogens with one attached hydrogen (secondary N) is 1. The van der Waals surface area contributed by atoms with Gasteiger partial charge in [0.25, 0.3) is 0 Å². The summed E-state index contributed by atoms with van der Waals surface area (Å²) in [7, 11) is 0. The van der Waals surface area contributed by atoms with Crippen LogP contribution in [-0.4, -0.2) is 6.54 Å². The molecule has 0 fully saturated rings. The van der Waals surface area contributed by atoms with Crippen molar-refractivity contribution in [2.75, 3.05) is 6.54 Å². The molecule has 2 aromatic rings. The molecule has 0 aliphatic heterocycles. The molecule has 1 aromatic heterocycles. The van der Waals surface area contributed by atoms with E-state index in [2.05, 4.69) is 52.4 Å². The fourth-order valence-electron chi connectivity index (χ4n) is 3.10. The molecular formula is C16H18BrNO. The molecule has 3 rings (SSSR count). The Hall–Kier alpha value is -1.06. The number of likely N-dealkylation sites (N-methyl/N-ethyl adjacent to an activating group) is 1. The number of furan rings is 1. The molecule has 3 heteroatoms. The number of hydrogen-bond acceptors (Lipinski definition) is 2. The van der Waals surface area contributed by atoms with Gasteiger partial charge in [-0.25, -0.2) is 0 Å². The smallest absolute Gasteiger partial charge is 0.135 e. The van der Waals surface area contributed by atoms with Gasteiger partial charge in [-0.1, -0.05) is 31.2 Å². The van der Waals surface area contributed by atoms with Crippen LogP contribution in [0.4, 0.5) is 0 Å². The van der Waals surface area contributed by atoms with E-state index in [1.807, 2.05) is 6.07 Å². The second-order valence-corrected chi connectivity index (χ2v) is 5.87. The number of benzene rings is 1. The van der Waals surface area contributed by atoms with Crippen LogP contribution >= 0.6 is 15.9 Å². The Balaban J connectivity index is 1.96. The number of fused-ring (bicyclic) bond motifs is 1. The molecule has 1 N–H and O–H groups in total. The maximum absolute atomic E-state index is 5.70. The summed E-state index contributed by atoms with van der Waals surface area (Å²) in [5.41, 5.74) is 2.95. The minimum absolute atomic E-state index is 0.248. The molecule has 0 bridgehead atoms. The van der Waals surface area contributed by atoms with Crippen LogP contribution in [0.1, 0.15) is 42.2 Å². The zero-order valence-electron chi connectivity index (χ0n) is 11.0. The van der Waals surface area contributed by atoms with Gasteiger partial charge in [0.2, 0.25) is 0 Å². The molecule has 0 saturated heterocycles. The van der Waals surface area contributed by atoms with Crippen LogP contribution < -0.4 is 5.32 Å². The first-order valence-electron chi connectivity index (χ1n) is 6.85. The maximum Gasteiger partial charge on any atom is 0.135 e. The predicted octanol–water partition coefficient (Wildman–Crippen LogP) is 4.42. The van der Waals surface area contributed by atoms with E-state index in [0.717, 1.165) is 16.8 Å². The van der Waals surface area contributed by atoms with Crippen molar-refractivity contribution in [1.82, 2.24) is 5.32 Å². The molecule has 0 saturated carbocycles. The topological polar surface area (TPSA) is 25.2 Å². The Morgan fingerprint density at radius 1 is 1.37 bits per heavy atom. The van der Waals surface area contributed by atoms with Crippen LogP contribution in [0.5, 0.6) is 0 Å². The van der Waals surface area contributed by atoms with E-state index in [0.29, 0.717) is 5.92 Å². The van der Waals surface area contributed by atoms with Crippen LogP contribution in [-0.2, 0) is 6.42 Å². The first-order valence-corrected chi connectivity index (χ1v) is 7.64. The van der Waals surface area contributed by atoms with Crippen molar-refractivity contribution in [2.45, 2.75) is 31.7 Å². The predicted molar refractivity (Wildman–Crippen MR) is 80.3 cm³/mol. The zero-order valence-corrected chi connectivity index (χ0v) is 12.6. The average Bonchev–Trinajstić information content (AvgIpc) is 3.03. The van der Waals surface area contributed by atoms with Crippen LogP contribution in [0, 0.1) is 0 Å². The van der Waals surface area contributed by atoms with Crippen LogP contribution in [0.2, 0.25) is 0 Å². The maximum atomic E-state index is 5.70. The van der Waals surface area contributed by atoms with Gasteiger partial charge in [0.05, 0.1) is 16.8 Å². The summed E-state index contributed by atoms with van der Waals surface area (Å²) in [4.78, 5) is 0.